The molecule has 3 aliphatic rings. The van der Waals surface area contributed by atoms with Gasteiger partial charge in [-0.3, -0.25) is 4.79 Å². The molecule has 29 heavy (non-hydrogen) atoms. The van der Waals surface area contributed by atoms with Crippen LogP contribution >= 0.6 is 0 Å². The molecule has 0 spiro atoms. The number of methoxy groups -OCH3 is 1. The molecule has 0 saturated heterocycles. The maximum atomic E-state index is 12.7. The number of hydrogen-bond acceptors (Lipinski definition) is 4. The van der Waals surface area contributed by atoms with Crippen LogP contribution in [0, 0.1) is 5.92 Å². The van der Waals surface area contributed by atoms with Crippen molar-refractivity contribution in [3.63, 3.8) is 0 Å². The van der Waals surface area contributed by atoms with Gasteiger partial charge in [-0.1, -0.05) is 43.5 Å². The Kier molecular flexibility index (Phi) is 4.53. The molecule has 1 N–H and O–H groups in total. The van der Waals surface area contributed by atoms with E-state index in [1.54, 1.807) is 0 Å². The Morgan fingerprint density at radius 2 is 1.86 bits per heavy atom. The van der Waals surface area contributed by atoms with Crippen molar-refractivity contribution in [3.05, 3.63) is 59.2 Å². The molecule has 5 nitrogen and oxygen atoms in total. The number of hydrogen-bond donors (Lipinski definition) is 1. The Bertz CT molecular complexity index is 964. The lowest BCUT2D eigenvalue weighted by Gasteiger charge is -2.35. The molecule has 1 fully saturated rings. The number of ether oxygens (including phenoxy) is 1. The minimum absolute atomic E-state index is 0.0151. The average molecular weight is 390 g/mol. The van der Waals surface area contributed by atoms with Crippen LogP contribution in [-0.2, 0) is 9.53 Å². The fraction of sp³-hybridized carbons (Fsp3) is 0.417. The summed E-state index contributed by atoms with van der Waals surface area (Å²) in [7, 11) is 1.40. The van der Waals surface area contributed by atoms with Crippen molar-refractivity contribution in [3.8, 4) is 0 Å². The molecule has 1 aliphatic carbocycles. The van der Waals surface area contributed by atoms with Crippen LogP contribution < -0.4 is 10.2 Å². The van der Waals surface area contributed by atoms with Gasteiger partial charge in [0.1, 0.15) is 0 Å². The van der Waals surface area contributed by atoms with E-state index in [9.17, 15) is 9.59 Å². The Labute approximate surface area is 171 Å². The fourth-order valence-corrected chi connectivity index (χ4v) is 5.60. The first-order valence-corrected chi connectivity index (χ1v) is 10.5. The van der Waals surface area contributed by atoms with Crippen LogP contribution in [0.15, 0.2) is 42.5 Å². The summed E-state index contributed by atoms with van der Waals surface area (Å²) in [5, 5.41) is 3.08. The molecule has 2 heterocycles. The molecule has 5 rings (SSSR count). The van der Waals surface area contributed by atoms with Crippen molar-refractivity contribution < 1.29 is 14.3 Å². The zero-order valence-corrected chi connectivity index (χ0v) is 16.7. The lowest BCUT2D eigenvalue weighted by molar-refractivity contribution is -0.115. The molecule has 2 aromatic rings. The summed E-state index contributed by atoms with van der Waals surface area (Å²) < 4.78 is 4.94. The van der Waals surface area contributed by atoms with Gasteiger partial charge in [-0.25, -0.2) is 4.79 Å². The van der Waals surface area contributed by atoms with E-state index in [4.69, 9.17) is 4.74 Å². The van der Waals surface area contributed by atoms with Crippen LogP contribution in [0.25, 0.3) is 0 Å². The second kappa shape index (κ2) is 7.21. The number of esters is 1. The highest BCUT2D eigenvalue weighted by Crippen LogP contribution is 2.56. The summed E-state index contributed by atoms with van der Waals surface area (Å²) in [4.78, 5) is 27.1. The first-order chi connectivity index (χ1) is 14.2. The minimum Gasteiger partial charge on any atom is -0.465 e. The van der Waals surface area contributed by atoms with E-state index in [1.165, 1.54) is 50.3 Å². The largest absolute Gasteiger partial charge is 0.465 e. The van der Waals surface area contributed by atoms with Gasteiger partial charge in [0, 0.05) is 17.3 Å². The Hall–Kier alpha value is -2.82. The van der Waals surface area contributed by atoms with E-state index in [-0.39, 0.29) is 17.9 Å². The molecule has 0 aromatic heterocycles. The van der Waals surface area contributed by atoms with Crippen molar-refractivity contribution in [2.45, 2.75) is 44.1 Å². The van der Waals surface area contributed by atoms with Gasteiger partial charge < -0.3 is 15.0 Å². The first-order valence-electron chi connectivity index (χ1n) is 10.5. The molecule has 5 heteroatoms. The smallest absolute Gasteiger partial charge is 0.337 e. The summed E-state index contributed by atoms with van der Waals surface area (Å²) in [5.74, 6) is 0.553. The molecule has 1 unspecified atom stereocenters. The van der Waals surface area contributed by atoms with E-state index in [2.05, 4.69) is 28.4 Å². The van der Waals surface area contributed by atoms with Gasteiger partial charge in [0.2, 0.25) is 5.91 Å². The number of para-hydroxylation sites is 1. The van der Waals surface area contributed by atoms with Crippen LogP contribution in [0.1, 0.15) is 65.5 Å². The van der Waals surface area contributed by atoms with Crippen LogP contribution in [0.5, 0.6) is 0 Å². The van der Waals surface area contributed by atoms with E-state index >= 15 is 0 Å². The SMILES string of the molecule is COC(=O)c1ccc2c(c1)N1CC(=O)Nc3ccccc3C1[C@H]2C1CCCCC1. The molecular weight excluding hydrogens is 364 g/mol. The average Bonchev–Trinajstić information content (AvgIpc) is 2.98. The highest BCUT2D eigenvalue weighted by Gasteiger charge is 2.46. The number of benzene rings is 2. The quantitative estimate of drug-likeness (QED) is 0.759. The summed E-state index contributed by atoms with van der Waals surface area (Å²) in [6.07, 6.45) is 6.28. The number of anilines is 2. The summed E-state index contributed by atoms with van der Waals surface area (Å²) >= 11 is 0. The number of carbonyl (C=O) groups is 2. The number of amides is 1. The standard InChI is InChI=1S/C24H26N2O3/c1-29-24(28)16-11-12-18-20(13-16)26-14-21(27)25-19-10-6-5-9-17(19)23(26)22(18)15-7-3-2-4-8-15/h5-6,9-13,15,22-23H,2-4,7-8,14H2,1H3,(H,25,27)/t22-,23?/m0/s1. The predicted molar refractivity (Wildman–Crippen MR) is 112 cm³/mol. The van der Waals surface area contributed by atoms with Crippen molar-refractivity contribution in [2.24, 2.45) is 5.92 Å². The number of nitrogens with zero attached hydrogens (tertiary/aromatic N) is 1. The van der Waals surface area contributed by atoms with E-state index in [0.717, 1.165) is 11.4 Å². The van der Waals surface area contributed by atoms with Crippen LogP contribution in [0.3, 0.4) is 0 Å². The van der Waals surface area contributed by atoms with E-state index in [1.807, 2.05) is 24.3 Å². The van der Waals surface area contributed by atoms with Crippen LogP contribution in [-0.4, -0.2) is 25.5 Å². The second-order valence-corrected chi connectivity index (χ2v) is 8.40. The fourth-order valence-electron chi connectivity index (χ4n) is 5.60. The number of rotatable bonds is 2. The third kappa shape index (κ3) is 3.00. The molecular formula is C24H26N2O3. The Balaban J connectivity index is 1.68. The van der Waals surface area contributed by atoms with Gasteiger partial charge in [-0.15, -0.1) is 0 Å². The third-order valence-electron chi connectivity index (χ3n) is 6.82. The summed E-state index contributed by atoms with van der Waals surface area (Å²) in [6, 6.07) is 14.2. The zero-order chi connectivity index (χ0) is 20.0. The Morgan fingerprint density at radius 3 is 2.66 bits per heavy atom. The van der Waals surface area contributed by atoms with Crippen molar-refractivity contribution in [1.29, 1.82) is 0 Å². The van der Waals surface area contributed by atoms with E-state index in [0.29, 0.717) is 23.9 Å². The third-order valence-corrected chi connectivity index (χ3v) is 6.82. The van der Waals surface area contributed by atoms with Gasteiger partial charge in [0.15, 0.2) is 0 Å². The van der Waals surface area contributed by atoms with Gasteiger partial charge >= 0.3 is 5.97 Å². The highest BCUT2D eigenvalue weighted by atomic mass is 16.5. The Morgan fingerprint density at radius 1 is 1.07 bits per heavy atom. The minimum atomic E-state index is -0.342. The molecule has 2 atom stereocenters. The monoisotopic (exact) mass is 390 g/mol. The first kappa shape index (κ1) is 18.2. The molecule has 2 aliphatic heterocycles. The molecule has 0 bridgehead atoms. The lowest BCUT2D eigenvalue weighted by Crippen LogP contribution is -2.33. The second-order valence-electron chi connectivity index (χ2n) is 8.40. The van der Waals surface area contributed by atoms with Gasteiger partial charge in [-0.2, -0.15) is 0 Å². The van der Waals surface area contributed by atoms with Crippen molar-refractivity contribution in [1.82, 2.24) is 0 Å². The normalized spacial score (nSPS) is 23.5. The highest BCUT2D eigenvalue weighted by molar-refractivity contribution is 5.98. The number of carbonyl (C=O) groups excluding carboxylic acids is 2. The predicted octanol–water partition coefficient (Wildman–Crippen LogP) is 4.65. The zero-order valence-electron chi connectivity index (χ0n) is 16.7. The lowest BCUT2D eigenvalue weighted by atomic mass is 9.73. The molecule has 150 valence electrons. The topological polar surface area (TPSA) is 58.6 Å². The maximum absolute atomic E-state index is 12.7. The van der Waals surface area contributed by atoms with Gasteiger partial charge in [0.25, 0.3) is 0 Å². The number of nitrogens with one attached hydrogen (secondary N) is 1. The maximum Gasteiger partial charge on any atom is 0.337 e. The van der Waals surface area contributed by atoms with Gasteiger partial charge in [-0.05, 0) is 48.1 Å². The summed E-state index contributed by atoms with van der Waals surface area (Å²) in [5.41, 5.74) is 4.88. The van der Waals surface area contributed by atoms with E-state index < -0.39 is 0 Å². The number of fused-ring (bicyclic) bond motifs is 5. The van der Waals surface area contributed by atoms with Crippen LogP contribution in [0.2, 0.25) is 0 Å². The molecule has 1 saturated carbocycles. The van der Waals surface area contributed by atoms with Gasteiger partial charge in [0.05, 0.1) is 25.3 Å². The summed E-state index contributed by atoms with van der Waals surface area (Å²) in [6.45, 7) is 0.292. The molecule has 1 amide bonds. The van der Waals surface area contributed by atoms with Crippen molar-refractivity contribution >= 4 is 23.3 Å². The molecule has 0 radical (unpaired) electrons. The molecule has 2 aromatic carbocycles. The van der Waals surface area contributed by atoms with Crippen molar-refractivity contribution in [2.75, 3.05) is 23.9 Å². The van der Waals surface area contributed by atoms with Crippen LogP contribution in [0.4, 0.5) is 11.4 Å².